The second-order valence-corrected chi connectivity index (χ2v) is 3.24. The molecule has 1 aromatic rings. The molecule has 1 rings (SSSR count). The Balaban J connectivity index is 2.82. The van der Waals surface area contributed by atoms with Gasteiger partial charge in [0.1, 0.15) is 12.4 Å². The van der Waals surface area contributed by atoms with Crippen molar-refractivity contribution in [1.82, 2.24) is 0 Å². The van der Waals surface area contributed by atoms with Gasteiger partial charge < -0.3 is 10.1 Å². The Hall–Kier alpha value is -1.51. The van der Waals surface area contributed by atoms with E-state index in [2.05, 4.69) is 5.32 Å². The number of nitrogens with one attached hydrogen (secondary N) is 1. The van der Waals surface area contributed by atoms with Crippen LogP contribution in [0, 0.1) is 6.92 Å². The molecule has 0 aliphatic heterocycles. The molecular weight excluding hydrogens is 178 g/mol. The summed E-state index contributed by atoms with van der Waals surface area (Å²) in [5, 5.41) is 3.01. The Morgan fingerprint density at radius 2 is 2.21 bits per heavy atom. The third-order valence-corrected chi connectivity index (χ3v) is 1.84. The average molecular weight is 193 g/mol. The fourth-order valence-corrected chi connectivity index (χ4v) is 1.13. The second-order valence-electron chi connectivity index (χ2n) is 3.24. The van der Waals surface area contributed by atoms with Crippen LogP contribution in [-0.4, -0.2) is 19.4 Å². The van der Waals surface area contributed by atoms with E-state index >= 15 is 0 Å². The second kappa shape index (κ2) is 4.65. The summed E-state index contributed by atoms with van der Waals surface area (Å²) < 4.78 is 5.36. The number of anilines is 1. The van der Waals surface area contributed by atoms with Gasteiger partial charge in [0.25, 0.3) is 0 Å². The molecule has 1 aromatic carbocycles. The van der Waals surface area contributed by atoms with Gasteiger partial charge in [-0.15, -0.1) is 0 Å². The first-order chi connectivity index (χ1) is 6.63. The number of hydrogen-bond acceptors (Lipinski definition) is 3. The van der Waals surface area contributed by atoms with Crippen LogP contribution in [-0.2, 0) is 4.79 Å². The van der Waals surface area contributed by atoms with E-state index in [4.69, 9.17) is 4.74 Å². The number of carbonyl (C=O) groups excluding carboxylic acids is 1. The van der Waals surface area contributed by atoms with Gasteiger partial charge in [-0.2, -0.15) is 0 Å². The Bertz CT molecular complexity index is 334. The summed E-state index contributed by atoms with van der Waals surface area (Å²) in [5.41, 5.74) is 2.01. The summed E-state index contributed by atoms with van der Waals surface area (Å²) in [5.74, 6) is 0.747. The molecule has 0 amide bonds. The lowest BCUT2D eigenvalue weighted by Crippen LogP contribution is -2.08. The number of benzene rings is 1. The van der Waals surface area contributed by atoms with Crippen LogP contribution in [0.3, 0.4) is 0 Å². The van der Waals surface area contributed by atoms with Gasteiger partial charge in [0.15, 0.2) is 5.78 Å². The molecule has 0 radical (unpaired) electrons. The molecule has 0 bridgehead atoms. The van der Waals surface area contributed by atoms with Gasteiger partial charge in [0.2, 0.25) is 0 Å². The van der Waals surface area contributed by atoms with E-state index in [0.717, 1.165) is 17.0 Å². The SMILES string of the molecule is CNc1ccc(C)cc1OCC(C)=O. The summed E-state index contributed by atoms with van der Waals surface area (Å²) in [6.07, 6.45) is 0. The minimum absolute atomic E-state index is 0.0218. The largest absolute Gasteiger partial charge is 0.484 e. The van der Waals surface area contributed by atoms with Crippen LogP contribution in [0.1, 0.15) is 12.5 Å². The predicted molar refractivity (Wildman–Crippen MR) is 56.9 cm³/mol. The molecule has 76 valence electrons. The highest BCUT2D eigenvalue weighted by molar-refractivity contribution is 5.77. The van der Waals surface area contributed by atoms with Gasteiger partial charge >= 0.3 is 0 Å². The van der Waals surface area contributed by atoms with E-state index in [1.807, 2.05) is 32.2 Å². The van der Waals surface area contributed by atoms with E-state index in [0.29, 0.717) is 0 Å². The van der Waals surface area contributed by atoms with Crippen molar-refractivity contribution >= 4 is 11.5 Å². The minimum Gasteiger partial charge on any atom is -0.484 e. The monoisotopic (exact) mass is 193 g/mol. The molecule has 0 unspecified atom stereocenters. The highest BCUT2D eigenvalue weighted by atomic mass is 16.5. The van der Waals surface area contributed by atoms with Crippen molar-refractivity contribution in [3.8, 4) is 5.75 Å². The molecule has 1 N–H and O–H groups in total. The topological polar surface area (TPSA) is 38.3 Å². The summed E-state index contributed by atoms with van der Waals surface area (Å²) in [4.78, 5) is 10.8. The fourth-order valence-electron chi connectivity index (χ4n) is 1.13. The predicted octanol–water partition coefficient (Wildman–Crippen LogP) is 2.00. The van der Waals surface area contributed by atoms with Crippen LogP contribution in [0.5, 0.6) is 5.75 Å². The number of ether oxygens (including phenoxy) is 1. The summed E-state index contributed by atoms with van der Waals surface area (Å²) in [6.45, 7) is 3.62. The molecule has 3 nitrogen and oxygen atoms in total. The molecule has 0 aliphatic carbocycles. The zero-order valence-electron chi connectivity index (χ0n) is 8.76. The van der Waals surface area contributed by atoms with Crippen LogP contribution >= 0.6 is 0 Å². The maximum absolute atomic E-state index is 10.8. The van der Waals surface area contributed by atoms with Crippen LogP contribution < -0.4 is 10.1 Å². The number of carbonyl (C=O) groups is 1. The van der Waals surface area contributed by atoms with Crippen molar-refractivity contribution in [3.63, 3.8) is 0 Å². The summed E-state index contributed by atoms with van der Waals surface area (Å²) in [7, 11) is 1.82. The average Bonchev–Trinajstić information content (AvgIpc) is 2.15. The summed E-state index contributed by atoms with van der Waals surface area (Å²) in [6, 6.07) is 5.84. The first-order valence-corrected chi connectivity index (χ1v) is 4.54. The zero-order chi connectivity index (χ0) is 10.6. The van der Waals surface area contributed by atoms with Gasteiger partial charge in [-0.05, 0) is 31.5 Å². The van der Waals surface area contributed by atoms with E-state index < -0.39 is 0 Å². The molecule has 0 saturated carbocycles. The first kappa shape index (κ1) is 10.6. The normalized spacial score (nSPS) is 9.64. The van der Waals surface area contributed by atoms with Crippen molar-refractivity contribution in [2.75, 3.05) is 19.0 Å². The molecule has 0 aromatic heterocycles. The highest BCUT2D eigenvalue weighted by Gasteiger charge is 2.03. The molecule has 0 fully saturated rings. The van der Waals surface area contributed by atoms with Gasteiger partial charge in [0.05, 0.1) is 5.69 Å². The molecule has 0 spiro atoms. The van der Waals surface area contributed by atoms with Crippen LogP contribution in [0.25, 0.3) is 0 Å². The van der Waals surface area contributed by atoms with Gasteiger partial charge in [0, 0.05) is 7.05 Å². The van der Waals surface area contributed by atoms with E-state index in [1.165, 1.54) is 6.92 Å². The van der Waals surface area contributed by atoms with Gasteiger partial charge in [-0.25, -0.2) is 0 Å². The number of ketones is 1. The molecule has 3 heteroatoms. The number of Topliss-reactive ketones (excluding diaryl/α,β-unsaturated/α-hetero) is 1. The standard InChI is InChI=1S/C11H15NO2/c1-8-4-5-10(12-3)11(6-8)14-7-9(2)13/h4-6,12H,7H2,1-3H3. The Morgan fingerprint density at radius 1 is 1.50 bits per heavy atom. The van der Waals surface area contributed by atoms with Gasteiger partial charge in [-0.3, -0.25) is 4.79 Å². The van der Waals surface area contributed by atoms with Crippen LogP contribution in [0.2, 0.25) is 0 Å². The lowest BCUT2D eigenvalue weighted by atomic mass is 10.2. The lowest BCUT2D eigenvalue weighted by Gasteiger charge is -2.10. The maximum atomic E-state index is 10.8. The van der Waals surface area contributed by atoms with Crippen molar-refractivity contribution in [2.24, 2.45) is 0 Å². The number of aryl methyl sites for hydroxylation is 1. The summed E-state index contributed by atoms with van der Waals surface area (Å²) >= 11 is 0. The zero-order valence-corrected chi connectivity index (χ0v) is 8.76. The highest BCUT2D eigenvalue weighted by Crippen LogP contribution is 2.24. The van der Waals surface area contributed by atoms with E-state index in [9.17, 15) is 4.79 Å². The fraction of sp³-hybridized carbons (Fsp3) is 0.364. The smallest absolute Gasteiger partial charge is 0.167 e. The Labute approximate surface area is 84.1 Å². The van der Waals surface area contributed by atoms with Crippen molar-refractivity contribution in [2.45, 2.75) is 13.8 Å². The maximum Gasteiger partial charge on any atom is 0.167 e. The lowest BCUT2D eigenvalue weighted by molar-refractivity contribution is -0.118. The van der Waals surface area contributed by atoms with Gasteiger partial charge in [-0.1, -0.05) is 6.07 Å². The number of hydrogen-bond donors (Lipinski definition) is 1. The molecule has 14 heavy (non-hydrogen) atoms. The van der Waals surface area contributed by atoms with Crippen molar-refractivity contribution in [1.29, 1.82) is 0 Å². The molecule has 0 atom stereocenters. The number of rotatable bonds is 4. The molecule has 0 saturated heterocycles. The third kappa shape index (κ3) is 2.76. The van der Waals surface area contributed by atoms with Crippen molar-refractivity contribution < 1.29 is 9.53 Å². The first-order valence-electron chi connectivity index (χ1n) is 4.54. The Kier molecular flexibility index (Phi) is 3.51. The van der Waals surface area contributed by atoms with Crippen molar-refractivity contribution in [3.05, 3.63) is 23.8 Å². The van der Waals surface area contributed by atoms with Crippen LogP contribution in [0.4, 0.5) is 5.69 Å². The molecule has 0 heterocycles. The minimum atomic E-state index is 0.0218. The van der Waals surface area contributed by atoms with E-state index in [1.54, 1.807) is 0 Å². The quantitative estimate of drug-likeness (QED) is 0.794. The Morgan fingerprint density at radius 3 is 2.79 bits per heavy atom. The molecular formula is C11H15NO2. The van der Waals surface area contributed by atoms with E-state index in [-0.39, 0.29) is 12.4 Å². The third-order valence-electron chi connectivity index (χ3n) is 1.84. The molecule has 0 aliphatic rings. The van der Waals surface area contributed by atoms with Crippen LogP contribution in [0.15, 0.2) is 18.2 Å².